The monoisotopic (exact) mass is 281 g/mol. The van der Waals surface area contributed by atoms with Gasteiger partial charge in [0, 0.05) is 12.2 Å². The highest BCUT2D eigenvalue weighted by atomic mass is 32.2. The smallest absolute Gasteiger partial charge is 0.244 e. The molecule has 19 heavy (non-hydrogen) atoms. The molecule has 0 radical (unpaired) electrons. The van der Waals surface area contributed by atoms with E-state index >= 15 is 0 Å². The number of carbonyl (C=O) groups is 1. The number of pyridine rings is 1. The standard InChI is InChI=1S/C12H15N3O3S/c1-8-2-4-13-12-11(8)14-10(16)6-15(12)9-3-5-19(17,18)7-9/h2,4,9H,3,5-7H2,1H3,(H,14,16). The lowest BCUT2D eigenvalue weighted by molar-refractivity contribution is -0.115. The van der Waals surface area contributed by atoms with E-state index in [1.807, 2.05) is 17.9 Å². The van der Waals surface area contributed by atoms with Crippen LogP contribution < -0.4 is 10.2 Å². The lowest BCUT2D eigenvalue weighted by Gasteiger charge is -2.34. The first-order valence-corrected chi connectivity index (χ1v) is 8.01. The molecule has 0 aromatic carbocycles. The molecule has 3 rings (SSSR count). The van der Waals surface area contributed by atoms with Gasteiger partial charge in [-0.2, -0.15) is 0 Å². The number of aromatic nitrogens is 1. The molecule has 1 aromatic heterocycles. The van der Waals surface area contributed by atoms with Gasteiger partial charge in [0.15, 0.2) is 15.7 Å². The van der Waals surface area contributed by atoms with E-state index in [9.17, 15) is 13.2 Å². The highest BCUT2D eigenvalue weighted by Crippen LogP contribution is 2.33. The summed E-state index contributed by atoms with van der Waals surface area (Å²) in [6.45, 7) is 2.07. The van der Waals surface area contributed by atoms with Gasteiger partial charge in [-0.1, -0.05) is 0 Å². The maximum atomic E-state index is 11.8. The fourth-order valence-corrected chi connectivity index (χ4v) is 4.38. The Kier molecular flexibility index (Phi) is 2.74. The van der Waals surface area contributed by atoms with Gasteiger partial charge < -0.3 is 10.2 Å². The molecule has 1 saturated heterocycles. The van der Waals surface area contributed by atoms with Crippen molar-refractivity contribution in [1.29, 1.82) is 0 Å². The second-order valence-corrected chi connectivity index (χ2v) is 7.29. The molecule has 6 nitrogen and oxygen atoms in total. The number of rotatable bonds is 1. The van der Waals surface area contributed by atoms with Crippen LogP contribution in [0.4, 0.5) is 11.5 Å². The number of amides is 1. The van der Waals surface area contributed by atoms with E-state index in [0.717, 1.165) is 5.56 Å². The largest absolute Gasteiger partial charge is 0.342 e. The van der Waals surface area contributed by atoms with Crippen molar-refractivity contribution in [3.63, 3.8) is 0 Å². The minimum Gasteiger partial charge on any atom is -0.342 e. The van der Waals surface area contributed by atoms with Crippen molar-refractivity contribution in [2.75, 3.05) is 28.3 Å². The molecule has 0 bridgehead atoms. The molecule has 1 unspecified atom stereocenters. The number of fused-ring (bicyclic) bond motifs is 1. The molecular formula is C12H15N3O3S. The van der Waals surface area contributed by atoms with E-state index in [1.54, 1.807) is 6.20 Å². The maximum Gasteiger partial charge on any atom is 0.244 e. The van der Waals surface area contributed by atoms with Gasteiger partial charge in [-0.25, -0.2) is 13.4 Å². The zero-order valence-electron chi connectivity index (χ0n) is 10.6. The third-order valence-corrected chi connectivity index (χ3v) is 5.39. The summed E-state index contributed by atoms with van der Waals surface area (Å²) in [7, 11) is -2.98. The lowest BCUT2D eigenvalue weighted by atomic mass is 10.1. The molecule has 2 aliphatic heterocycles. The van der Waals surface area contributed by atoms with Crippen LogP contribution in [-0.4, -0.2) is 43.4 Å². The van der Waals surface area contributed by atoms with Crippen LogP contribution >= 0.6 is 0 Å². The number of nitrogens with zero attached hydrogens (tertiary/aromatic N) is 2. The minimum absolute atomic E-state index is 0.106. The molecule has 1 aromatic rings. The Labute approximate surface area is 111 Å². The van der Waals surface area contributed by atoms with Gasteiger partial charge >= 0.3 is 0 Å². The quantitative estimate of drug-likeness (QED) is 0.803. The number of hydrogen-bond acceptors (Lipinski definition) is 5. The molecule has 0 spiro atoms. The van der Waals surface area contributed by atoms with Crippen molar-refractivity contribution in [3.05, 3.63) is 17.8 Å². The van der Waals surface area contributed by atoms with Crippen LogP contribution in [0.5, 0.6) is 0 Å². The van der Waals surface area contributed by atoms with E-state index in [0.29, 0.717) is 17.9 Å². The molecular weight excluding hydrogens is 266 g/mol. The van der Waals surface area contributed by atoms with Crippen LogP contribution in [0.3, 0.4) is 0 Å². The summed E-state index contributed by atoms with van der Waals surface area (Å²) in [5.41, 5.74) is 1.63. The van der Waals surface area contributed by atoms with Crippen molar-refractivity contribution in [2.24, 2.45) is 0 Å². The average molecular weight is 281 g/mol. The zero-order valence-corrected chi connectivity index (χ0v) is 11.4. The molecule has 1 amide bonds. The Morgan fingerprint density at radius 2 is 2.26 bits per heavy atom. The summed E-state index contributed by atoms with van der Waals surface area (Å²) in [5, 5.41) is 2.81. The second-order valence-electron chi connectivity index (χ2n) is 5.06. The summed E-state index contributed by atoms with van der Waals surface area (Å²) in [6.07, 6.45) is 2.24. The molecule has 3 heterocycles. The van der Waals surface area contributed by atoms with Gasteiger partial charge in [0.25, 0.3) is 0 Å². The normalized spacial score (nSPS) is 25.0. The summed E-state index contributed by atoms with van der Waals surface area (Å²) in [5.74, 6) is 0.862. The Morgan fingerprint density at radius 1 is 1.47 bits per heavy atom. The van der Waals surface area contributed by atoms with Crippen molar-refractivity contribution >= 4 is 27.2 Å². The number of hydrogen-bond donors (Lipinski definition) is 1. The van der Waals surface area contributed by atoms with E-state index in [-0.39, 0.29) is 30.0 Å². The summed E-state index contributed by atoms with van der Waals surface area (Å²) in [6, 6.07) is 1.68. The van der Waals surface area contributed by atoms with E-state index in [4.69, 9.17) is 0 Å². The Morgan fingerprint density at radius 3 is 2.95 bits per heavy atom. The predicted octanol–water partition coefficient (Wildman–Crippen LogP) is 0.336. The van der Waals surface area contributed by atoms with Crippen LogP contribution in [0, 0.1) is 6.92 Å². The van der Waals surface area contributed by atoms with Crippen LogP contribution in [0.1, 0.15) is 12.0 Å². The first-order chi connectivity index (χ1) is 8.96. The number of aryl methyl sites for hydroxylation is 1. The molecule has 102 valence electrons. The van der Waals surface area contributed by atoms with Crippen LogP contribution in [0.2, 0.25) is 0 Å². The lowest BCUT2D eigenvalue weighted by Crippen LogP contribution is -2.46. The van der Waals surface area contributed by atoms with E-state index in [2.05, 4.69) is 10.3 Å². The van der Waals surface area contributed by atoms with Crippen LogP contribution in [0.25, 0.3) is 0 Å². The number of carbonyl (C=O) groups excluding carboxylic acids is 1. The summed E-state index contributed by atoms with van der Waals surface area (Å²) >= 11 is 0. The molecule has 0 aliphatic carbocycles. The van der Waals surface area contributed by atoms with E-state index < -0.39 is 9.84 Å². The molecule has 0 saturated carbocycles. The SMILES string of the molecule is Cc1ccnc2c1NC(=O)CN2C1CCS(=O)(=O)C1. The molecule has 7 heteroatoms. The highest BCUT2D eigenvalue weighted by Gasteiger charge is 2.36. The first kappa shape index (κ1) is 12.4. The molecule has 1 atom stereocenters. The van der Waals surface area contributed by atoms with Gasteiger partial charge in [-0.15, -0.1) is 0 Å². The summed E-state index contributed by atoms with van der Waals surface area (Å²) in [4.78, 5) is 17.9. The third-order valence-electron chi connectivity index (χ3n) is 3.64. The number of anilines is 2. The van der Waals surface area contributed by atoms with Gasteiger partial charge in [0.05, 0.1) is 23.7 Å². The van der Waals surface area contributed by atoms with Crippen molar-refractivity contribution in [2.45, 2.75) is 19.4 Å². The fraction of sp³-hybridized carbons (Fsp3) is 0.500. The Balaban J connectivity index is 2.00. The maximum absolute atomic E-state index is 11.8. The zero-order chi connectivity index (χ0) is 13.6. The summed E-state index contributed by atoms with van der Waals surface area (Å²) < 4.78 is 23.2. The highest BCUT2D eigenvalue weighted by molar-refractivity contribution is 7.91. The minimum atomic E-state index is -2.98. The topological polar surface area (TPSA) is 79.4 Å². The molecule has 1 N–H and O–H groups in total. The predicted molar refractivity (Wildman–Crippen MR) is 72.0 cm³/mol. The van der Waals surface area contributed by atoms with Crippen molar-refractivity contribution in [3.8, 4) is 0 Å². The van der Waals surface area contributed by atoms with Crippen molar-refractivity contribution < 1.29 is 13.2 Å². The van der Waals surface area contributed by atoms with Crippen LogP contribution in [-0.2, 0) is 14.6 Å². The third kappa shape index (κ3) is 2.18. The van der Waals surface area contributed by atoms with Gasteiger partial charge in [0.1, 0.15) is 0 Å². The van der Waals surface area contributed by atoms with Gasteiger partial charge in [-0.05, 0) is 25.0 Å². The number of sulfone groups is 1. The van der Waals surface area contributed by atoms with E-state index in [1.165, 1.54) is 0 Å². The first-order valence-electron chi connectivity index (χ1n) is 6.19. The van der Waals surface area contributed by atoms with Crippen LogP contribution in [0.15, 0.2) is 12.3 Å². The van der Waals surface area contributed by atoms with Gasteiger partial charge in [0.2, 0.25) is 5.91 Å². The molecule has 2 aliphatic rings. The van der Waals surface area contributed by atoms with Gasteiger partial charge in [-0.3, -0.25) is 4.79 Å². The second kappa shape index (κ2) is 4.19. The van der Waals surface area contributed by atoms with Crippen molar-refractivity contribution in [1.82, 2.24) is 4.98 Å². The average Bonchev–Trinajstić information content (AvgIpc) is 2.70. The Bertz CT molecular complexity index is 642. The number of nitrogens with one attached hydrogen (secondary N) is 1. The fourth-order valence-electron chi connectivity index (χ4n) is 2.65. The Hall–Kier alpha value is -1.63. The molecule has 1 fully saturated rings.